The van der Waals surface area contributed by atoms with Gasteiger partial charge < -0.3 is 5.32 Å². The highest BCUT2D eigenvalue weighted by Crippen LogP contribution is 2.20. The van der Waals surface area contributed by atoms with E-state index in [-0.39, 0.29) is 29.5 Å². The molecule has 1 fully saturated rings. The molecule has 0 amide bonds. The highest BCUT2D eigenvalue weighted by Gasteiger charge is 2.19. The van der Waals surface area contributed by atoms with Crippen LogP contribution in [0.4, 0.5) is 10.1 Å². The summed E-state index contributed by atoms with van der Waals surface area (Å²) in [5.41, 5.74) is -0.288. The summed E-state index contributed by atoms with van der Waals surface area (Å²) in [5, 5.41) is 3.20. The van der Waals surface area contributed by atoms with Crippen LogP contribution in [-0.2, 0) is 20.0 Å². The molecule has 1 unspecified atom stereocenters. The molecule has 7 nitrogen and oxygen atoms in total. The first-order chi connectivity index (χ1) is 10.7. The maximum Gasteiger partial charge on any atom is 0.240 e. The van der Waals surface area contributed by atoms with Crippen LogP contribution >= 0.6 is 12.4 Å². The molecule has 1 aromatic carbocycles. The third kappa shape index (κ3) is 6.17. The lowest BCUT2D eigenvalue weighted by Crippen LogP contribution is -2.26. The molecule has 2 rings (SSSR count). The Morgan fingerprint density at radius 3 is 2.54 bits per heavy atom. The normalized spacial score (nSPS) is 18.2. The third-order valence-corrected chi connectivity index (χ3v) is 5.60. The number of rotatable bonds is 7. The Morgan fingerprint density at radius 2 is 2.00 bits per heavy atom. The van der Waals surface area contributed by atoms with Gasteiger partial charge in [-0.05, 0) is 50.0 Å². The van der Waals surface area contributed by atoms with Gasteiger partial charge in [-0.3, -0.25) is 4.72 Å². The Kier molecular flexibility index (Phi) is 7.42. The van der Waals surface area contributed by atoms with Crippen LogP contribution in [0.2, 0.25) is 0 Å². The second-order valence-corrected chi connectivity index (χ2v) is 9.08. The third-order valence-electron chi connectivity index (χ3n) is 3.55. The smallest absolute Gasteiger partial charge is 0.240 e. The fourth-order valence-corrected chi connectivity index (χ4v) is 4.01. The van der Waals surface area contributed by atoms with Gasteiger partial charge in [-0.2, -0.15) is 0 Å². The summed E-state index contributed by atoms with van der Waals surface area (Å²) in [6.07, 6.45) is 2.61. The number of sulfonamides is 2. The van der Waals surface area contributed by atoms with Gasteiger partial charge in [0.15, 0.2) is 0 Å². The van der Waals surface area contributed by atoms with Crippen molar-refractivity contribution in [3.05, 3.63) is 24.0 Å². The predicted molar refractivity (Wildman–Crippen MR) is 92.9 cm³/mol. The largest absolute Gasteiger partial charge is 0.316 e. The summed E-state index contributed by atoms with van der Waals surface area (Å²) in [5.74, 6) is -0.505. The molecule has 1 saturated heterocycles. The van der Waals surface area contributed by atoms with E-state index in [1.165, 1.54) is 0 Å². The molecular weight excluding hydrogens is 381 g/mol. The highest BCUT2D eigenvalue weighted by molar-refractivity contribution is 7.92. The summed E-state index contributed by atoms with van der Waals surface area (Å²) in [6, 6.07) is 3.05. The fraction of sp³-hybridized carbons (Fsp3) is 0.538. The lowest BCUT2D eigenvalue weighted by molar-refractivity contribution is 0.519. The van der Waals surface area contributed by atoms with Crippen LogP contribution in [0.15, 0.2) is 23.1 Å². The Labute approximate surface area is 147 Å². The zero-order chi connectivity index (χ0) is 17.1. The molecule has 1 aliphatic rings. The summed E-state index contributed by atoms with van der Waals surface area (Å²) in [6.45, 7) is 2.10. The van der Waals surface area contributed by atoms with E-state index >= 15 is 0 Å². The predicted octanol–water partition coefficient (Wildman–Crippen LogP) is 0.897. The summed E-state index contributed by atoms with van der Waals surface area (Å²) in [4.78, 5) is -0.237. The van der Waals surface area contributed by atoms with E-state index in [1.807, 2.05) is 4.72 Å². The van der Waals surface area contributed by atoms with Crippen LogP contribution in [0.3, 0.4) is 0 Å². The van der Waals surface area contributed by atoms with Crippen molar-refractivity contribution < 1.29 is 21.2 Å². The van der Waals surface area contributed by atoms with Gasteiger partial charge in [-0.1, -0.05) is 0 Å². The number of benzene rings is 1. The number of hydrogen-bond donors (Lipinski definition) is 3. The minimum Gasteiger partial charge on any atom is -0.316 e. The Balaban J connectivity index is 0.00000288. The molecule has 0 radical (unpaired) electrons. The molecule has 0 aromatic heterocycles. The van der Waals surface area contributed by atoms with Gasteiger partial charge >= 0.3 is 0 Å². The van der Waals surface area contributed by atoms with Crippen LogP contribution in [0, 0.1) is 11.7 Å². The van der Waals surface area contributed by atoms with E-state index in [9.17, 15) is 21.2 Å². The van der Waals surface area contributed by atoms with Gasteiger partial charge in [0.2, 0.25) is 20.0 Å². The molecule has 138 valence electrons. The van der Waals surface area contributed by atoms with Crippen LogP contribution in [0.5, 0.6) is 0 Å². The molecule has 1 aromatic rings. The van der Waals surface area contributed by atoms with Gasteiger partial charge in [0, 0.05) is 6.54 Å². The Hall–Kier alpha value is -0.940. The summed E-state index contributed by atoms with van der Waals surface area (Å²) < 4.78 is 64.7. The molecule has 3 N–H and O–H groups in total. The van der Waals surface area contributed by atoms with Crippen molar-refractivity contribution in [3.8, 4) is 0 Å². The minimum atomic E-state index is -3.82. The van der Waals surface area contributed by atoms with Gasteiger partial charge in [0.25, 0.3) is 0 Å². The van der Waals surface area contributed by atoms with Gasteiger partial charge in [-0.25, -0.2) is 25.9 Å². The summed E-state index contributed by atoms with van der Waals surface area (Å²) in [7, 11) is -7.46. The lowest BCUT2D eigenvalue weighted by atomic mass is 10.1. The number of nitrogens with one attached hydrogen (secondary N) is 3. The van der Waals surface area contributed by atoms with E-state index in [2.05, 4.69) is 10.0 Å². The molecule has 11 heteroatoms. The molecule has 1 heterocycles. The van der Waals surface area contributed by atoms with Crippen LogP contribution in [-0.4, -0.2) is 42.7 Å². The maximum atomic E-state index is 13.9. The van der Waals surface area contributed by atoms with E-state index in [4.69, 9.17) is 0 Å². The average molecular weight is 402 g/mol. The Morgan fingerprint density at radius 1 is 1.29 bits per heavy atom. The molecule has 0 bridgehead atoms. The lowest BCUT2D eigenvalue weighted by Gasteiger charge is -2.11. The van der Waals surface area contributed by atoms with Crippen LogP contribution in [0.1, 0.15) is 12.8 Å². The van der Waals surface area contributed by atoms with Crippen LogP contribution < -0.4 is 14.8 Å². The Bertz CT molecular complexity index is 765. The van der Waals surface area contributed by atoms with Gasteiger partial charge in [0.1, 0.15) is 5.82 Å². The molecule has 0 saturated carbocycles. The fourth-order valence-electron chi connectivity index (χ4n) is 2.39. The van der Waals surface area contributed by atoms with Crippen molar-refractivity contribution in [2.75, 3.05) is 30.6 Å². The van der Waals surface area contributed by atoms with Gasteiger partial charge in [-0.15, -0.1) is 12.4 Å². The SMILES string of the molecule is CS(=O)(=O)Nc1ccc(S(=O)(=O)NCCC2CCNC2)cc1F.Cl. The quantitative estimate of drug-likeness (QED) is 0.629. The molecule has 1 atom stereocenters. The van der Waals surface area contributed by atoms with Crippen LogP contribution in [0.25, 0.3) is 0 Å². The first-order valence-electron chi connectivity index (χ1n) is 7.15. The maximum absolute atomic E-state index is 13.9. The van der Waals surface area contributed by atoms with Crippen molar-refractivity contribution in [3.63, 3.8) is 0 Å². The number of hydrogen-bond acceptors (Lipinski definition) is 5. The standard InChI is InChI=1S/C13H20FN3O4S2.ClH/c1-22(18,19)17-13-3-2-11(8-12(13)14)23(20,21)16-7-5-10-4-6-15-9-10;/h2-3,8,10,15-17H,4-7,9H2,1H3;1H. The van der Waals surface area contributed by atoms with E-state index < -0.39 is 25.9 Å². The molecule has 0 aliphatic carbocycles. The first-order valence-corrected chi connectivity index (χ1v) is 10.5. The van der Waals surface area contributed by atoms with Gasteiger partial charge in [0.05, 0.1) is 16.8 Å². The monoisotopic (exact) mass is 401 g/mol. The van der Waals surface area contributed by atoms with Crippen molar-refractivity contribution in [2.45, 2.75) is 17.7 Å². The van der Waals surface area contributed by atoms with E-state index in [0.29, 0.717) is 12.3 Å². The zero-order valence-corrected chi connectivity index (χ0v) is 15.5. The van der Waals surface area contributed by atoms with E-state index in [1.54, 1.807) is 0 Å². The topological polar surface area (TPSA) is 104 Å². The second-order valence-electron chi connectivity index (χ2n) is 5.56. The second kappa shape index (κ2) is 8.43. The molecule has 0 spiro atoms. The zero-order valence-electron chi connectivity index (χ0n) is 13.1. The number of anilines is 1. The average Bonchev–Trinajstić information content (AvgIpc) is 2.92. The van der Waals surface area contributed by atoms with E-state index in [0.717, 1.165) is 44.0 Å². The van der Waals surface area contributed by atoms with Crippen molar-refractivity contribution >= 4 is 38.1 Å². The first kappa shape index (κ1) is 21.1. The summed E-state index contributed by atoms with van der Waals surface area (Å²) >= 11 is 0. The molecular formula is C13H21ClFN3O4S2. The molecule has 1 aliphatic heterocycles. The van der Waals surface area contributed by atoms with Crippen molar-refractivity contribution in [1.82, 2.24) is 10.0 Å². The minimum absolute atomic E-state index is 0. The molecule has 24 heavy (non-hydrogen) atoms. The number of halogens is 2. The van der Waals surface area contributed by atoms with Crippen molar-refractivity contribution in [2.24, 2.45) is 5.92 Å². The van der Waals surface area contributed by atoms with Crippen molar-refractivity contribution in [1.29, 1.82) is 0 Å². The highest BCUT2D eigenvalue weighted by atomic mass is 35.5.